The molecule has 0 N–H and O–H groups in total. The molecule has 0 saturated heterocycles. The van der Waals surface area contributed by atoms with Crippen LogP contribution in [0.25, 0.3) is 0 Å². The summed E-state index contributed by atoms with van der Waals surface area (Å²) in [7, 11) is 0. The van der Waals surface area contributed by atoms with Gasteiger partial charge in [-0.3, -0.25) is 0 Å². The van der Waals surface area contributed by atoms with Crippen LogP contribution in [0.4, 0.5) is 0 Å². The van der Waals surface area contributed by atoms with Crippen LogP contribution in [-0.2, 0) is 6.16 Å². The molecule has 3 rings (SSSR count). The fourth-order valence-electron chi connectivity index (χ4n) is 4.62. The first-order chi connectivity index (χ1) is 13.4. The summed E-state index contributed by atoms with van der Waals surface area (Å²) in [6.07, 6.45) is 0.955. The summed E-state index contributed by atoms with van der Waals surface area (Å²) in [4.78, 5) is 0. The van der Waals surface area contributed by atoms with Gasteiger partial charge >= 0.3 is 179 Å². The van der Waals surface area contributed by atoms with Gasteiger partial charge in [0.15, 0.2) is 0 Å². The molecule has 0 spiro atoms. The van der Waals surface area contributed by atoms with Gasteiger partial charge in [0.1, 0.15) is 0 Å². The Labute approximate surface area is 178 Å². The zero-order chi connectivity index (χ0) is 20.2. The van der Waals surface area contributed by atoms with Gasteiger partial charge < -0.3 is 0 Å². The zero-order valence-electron chi connectivity index (χ0n) is 17.3. The molecule has 0 fully saturated rings. The van der Waals surface area contributed by atoms with E-state index in [1.807, 2.05) is 0 Å². The molecule has 0 bridgehead atoms. The van der Waals surface area contributed by atoms with Crippen molar-refractivity contribution < 1.29 is 0 Å². The van der Waals surface area contributed by atoms with Crippen molar-refractivity contribution in [3.63, 3.8) is 0 Å². The van der Waals surface area contributed by atoms with E-state index in [9.17, 15) is 0 Å². The van der Waals surface area contributed by atoms with E-state index in [2.05, 4.69) is 139 Å². The minimum atomic E-state index is -2.92. The van der Waals surface area contributed by atoms with E-state index in [0.29, 0.717) is 12.1 Å². The Bertz CT molecular complexity index is 831. The summed E-state index contributed by atoms with van der Waals surface area (Å²) in [5.41, 5.74) is -1.56. The Kier molecular flexibility index (Phi) is 6.44. The van der Waals surface area contributed by atoms with Crippen LogP contribution in [0, 0.1) is 0 Å². The van der Waals surface area contributed by atoms with E-state index < -0.39 is 5.46 Å². The zero-order valence-corrected chi connectivity index (χ0v) is 19.8. The summed E-state index contributed by atoms with van der Waals surface area (Å²) < 4.78 is 2.74. The van der Waals surface area contributed by atoms with Crippen LogP contribution >= 0.6 is 20.9 Å². The first kappa shape index (κ1) is 21.2. The summed E-state index contributed by atoms with van der Waals surface area (Å²) in [5.74, 6) is 0. The fourth-order valence-corrected chi connectivity index (χ4v) is 14.8. The third kappa shape index (κ3) is 3.71. The maximum atomic E-state index is 4.57. The number of hydrogen-bond donors (Lipinski definition) is 0. The van der Waals surface area contributed by atoms with Crippen molar-refractivity contribution in [3.8, 4) is 0 Å². The van der Waals surface area contributed by atoms with Gasteiger partial charge in [-0.05, 0) is 0 Å². The second kappa shape index (κ2) is 8.49. The van der Waals surface area contributed by atoms with Crippen LogP contribution in [0.15, 0.2) is 91.0 Å². The molecule has 3 aromatic rings. The molecular formula is C25H31BrNP. The minimum absolute atomic E-state index is 0.390. The molecule has 0 aliphatic rings. The van der Waals surface area contributed by atoms with Crippen LogP contribution in [0.2, 0.25) is 0 Å². The maximum absolute atomic E-state index is 4.57. The van der Waals surface area contributed by atoms with Crippen molar-refractivity contribution >= 4 is 31.6 Å². The van der Waals surface area contributed by atoms with Gasteiger partial charge in [0.2, 0.25) is 0 Å². The summed E-state index contributed by atoms with van der Waals surface area (Å²) in [5, 5.41) is 2.76. The summed E-state index contributed by atoms with van der Waals surface area (Å²) in [6.45, 7) is 9.28. The van der Waals surface area contributed by atoms with Gasteiger partial charge in [-0.15, -0.1) is 0 Å². The van der Waals surface area contributed by atoms with Crippen LogP contribution in [0.3, 0.4) is 0 Å². The van der Waals surface area contributed by atoms with Crippen LogP contribution < -0.4 is 10.6 Å². The molecule has 0 aliphatic heterocycles. The molecule has 0 amide bonds. The molecule has 148 valence electrons. The second-order valence-electron chi connectivity index (χ2n) is 8.02. The first-order valence-corrected chi connectivity index (χ1v) is 14.4. The van der Waals surface area contributed by atoms with Gasteiger partial charge in [-0.1, -0.05) is 0 Å². The molecule has 3 heteroatoms. The van der Waals surface area contributed by atoms with Gasteiger partial charge in [0.25, 0.3) is 0 Å². The van der Waals surface area contributed by atoms with E-state index in [-0.39, 0.29) is 0 Å². The van der Waals surface area contributed by atoms with E-state index in [1.165, 1.54) is 16.2 Å². The molecule has 0 atom stereocenters. The summed E-state index contributed by atoms with van der Waals surface area (Å²) in [6, 6.07) is 33.8. The number of hydrogen-bond acceptors (Lipinski definition) is 1. The van der Waals surface area contributed by atoms with Crippen molar-refractivity contribution in [2.75, 3.05) is 0 Å². The van der Waals surface area contributed by atoms with Gasteiger partial charge in [0, 0.05) is 0 Å². The Hall–Kier alpha value is -1.47. The standard InChI is InChI=1S/C25H31BrNP/c1-21(2)27(22(3)4)28(26,24-16-10-6-11-17-24,25-18-12-7-13-19-25)20-23-14-8-5-9-15-23/h5-19,21-22H,20H2,1-4H3. The molecule has 0 aliphatic carbocycles. The fraction of sp³-hybridized carbons (Fsp3) is 0.280. The topological polar surface area (TPSA) is 3.24 Å². The normalized spacial score (nSPS) is 13.6. The average molecular weight is 456 g/mol. The molecule has 0 heterocycles. The van der Waals surface area contributed by atoms with E-state index in [0.717, 1.165) is 6.16 Å². The van der Waals surface area contributed by atoms with Crippen LogP contribution in [0.1, 0.15) is 33.3 Å². The SMILES string of the molecule is CC(C)N(C(C)C)P(Br)(Cc1ccccc1)(c1ccccc1)c1ccccc1. The van der Waals surface area contributed by atoms with Crippen molar-refractivity contribution in [2.24, 2.45) is 0 Å². The van der Waals surface area contributed by atoms with Crippen LogP contribution in [0.5, 0.6) is 0 Å². The quantitative estimate of drug-likeness (QED) is 0.356. The summed E-state index contributed by atoms with van der Waals surface area (Å²) >= 11 is 4.57. The Morgan fingerprint density at radius 3 is 1.36 bits per heavy atom. The predicted octanol–water partition coefficient (Wildman–Crippen LogP) is 6.73. The number of benzene rings is 3. The van der Waals surface area contributed by atoms with Crippen molar-refractivity contribution in [2.45, 2.75) is 45.9 Å². The molecule has 0 aromatic heterocycles. The molecule has 0 unspecified atom stereocenters. The molecule has 28 heavy (non-hydrogen) atoms. The molecular weight excluding hydrogens is 425 g/mol. The van der Waals surface area contributed by atoms with Gasteiger partial charge in [0.05, 0.1) is 0 Å². The van der Waals surface area contributed by atoms with Crippen LogP contribution in [-0.4, -0.2) is 16.8 Å². The Morgan fingerprint density at radius 1 is 0.643 bits per heavy atom. The van der Waals surface area contributed by atoms with E-state index in [1.54, 1.807) is 0 Å². The van der Waals surface area contributed by atoms with Gasteiger partial charge in [-0.25, -0.2) is 0 Å². The molecule has 0 saturated carbocycles. The van der Waals surface area contributed by atoms with E-state index >= 15 is 0 Å². The Morgan fingerprint density at radius 2 is 1.00 bits per heavy atom. The van der Waals surface area contributed by atoms with Crippen molar-refractivity contribution in [1.82, 2.24) is 4.67 Å². The molecule has 0 radical (unpaired) electrons. The average Bonchev–Trinajstić information content (AvgIpc) is 2.69. The number of nitrogens with zero attached hydrogens (tertiary/aromatic N) is 1. The van der Waals surface area contributed by atoms with Crippen molar-refractivity contribution in [1.29, 1.82) is 0 Å². The first-order valence-electron chi connectivity index (χ1n) is 10.0. The number of rotatable bonds is 7. The Balaban J connectivity index is 2.41. The molecule has 1 nitrogen and oxygen atoms in total. The monoisotopic (exact) mass is 455 g/mol. The second-order valence-corrected chi connectivity index (χ2v) is 16.7. The van der Waals surface area contributed by atoms with Crippen molar-refractivity contribution in [3.05, 3.63) is 96.6 Å². The molecule has 3 aromatic carbocycles. The van der Waals surface area contributed by atoms with E-state index in [4.69, 9.17) is 0 Å². The third-order valence-corrected chi connectivity index (χ3v) is 15.2. The van der Waals surface area contributed by atoms with Gasteiger partial charge in [-0.2, -0.15) is 0 Å². The third-order valence-electron chi connectivity index (χ3n) is 5.42. The number of halogens is 1. The predicted molar refractivity (Wildman–Crippen MR) is 130 cm³/mol.